The summed E-state index contributed by atoms with van der Waals surface area (Å²) in [7, 11) is 0. The Hall–Kier alpha value is -1.62. The molecule has 108 valence electrons. The second kappa shape index (κ2) is 6.22. The highest BCUT2D eigenvalue weighted by Gasteiger charge is 2.20. The zero-order chi connectivity index (χ0) is 14.7. The van der Waals surface area contributed by atoms with Gasteiger partial charge in [-0.25, -0.2) is 8.78 Å². The number of nitrogens with two attached hydrogens (primary N) is 1. The van der Waals surface area contributed by atoms with Crippen molar-refractivity contribution in [2.75, 3.05) is 11.1 Å². The molecule has 1 aromatic heterocycles. The molecule has 0 bridgehead atoms. The zero-order valence-electron chi connectivity index (χ0n) is 11.4. The van der Waals surface area contributed by atoms with Crippen LogP contribution in [0.3, 0.4) is 0 Å². The summed E-state index contributed by atoms with van der Waals surface area (Å²) < 4.78 is 26.2. The van der Waals surface area contributed by atoms with Crippen LogP contribution in [0.25, 0.3) is 0 Å². The fourth-order valence-corrected chi connectivity index (χ4v) is 3.04. The van der Waals surface area contributed by atoms with Crippen LogP contribution in [0.15, 0.2) is 35.7 Å². The Balaban J connectivity index is 2.32. The standard InChI is InChI=1S/C15H18F2N2S/c1-9(2)14(13-4-3-7-20-13)19-12-6-5-10(18)8-11(12)15(16)17/h3-9,14-15,19H,18H2,1-2H3. The number of alkyl halides is 2. The first-order valence-corrected chi connectivity index (χ1v) is 7.34. The van der Waals surface area contributed by atoms with Gasteiger partial charge in [-0.1, -0.05) is 19.9 Å². The monoisotopic (exact) mass is 296 g/mol. The van der Waals surface area contributed by atoms with E-state index >= 15 is 0 Å². The summed E-state index contributed by atoms with van der Waals surface area (Å²) in [5.74, 6) is 0.289. The van der Waals surface area contributed by atoms with Gasteiger partial charge in [-0.2, -0.15) is 0 Å². The number of thiophene rings is 1. The second-order valence-electron chi connectivity index (χ2n) is 5.03. The van der Waals surface area contributed by atoms with E-state index in [1.807, 2.05) is 17.5 Å². The van der Waals surface area contributed by atoms with Crippen molar-refractivity contribution in [1.29, 1.82) is 0 Å². The first-order chi connectivity index (χ1) is 9.49. The lowest BCUT2D eigenvalue weighted by molar-refractivity contribution is 0.152. The third-order valence-corrected chi connectivity index (χ3v) is 4.09. The normalized spacial score (nSPS) is 12.9. The summed E-state index contributed by atoms with van der Waals surface area (Å²) in [6, 6.07) is 8.59. The minimum Gasteiger partial charge on any atom is -0.399 e. The molecule has 0 saturated carbocycles. The average molecular weight is 296 g/mol. The van der Waals surface area contributed by atoms with Crippen molar-refractivity contribution in [2.24, 2.45) is 5.92 Å². The molecule has 2 rings (SSSR count). The fourth-order valence-electron chi connectivity index (χ4n) is 2.10. The summed E-state index contributed by atoms with van der Waals surface area (Å²) in [6.45, 7) is 4.13. The Morgan fingerprint density at radius 1 is 1.20 bits per heavy atom. The lowest BCUT2D eigenvalue weighted by atomic mass is 10.0. The molecule has 0 aliphatic rings. The molecule has 1 unspecified atom stereocenters. The van der Waals surface area contributed by atoms with Gasteiger partial charge in [-0.3, -0.25) is 0 Å². The van der Waals surface area contributed by atoms with Crippen molar-refractivity contribution in [2.45, 2.75) is 26.3 Å². The van der Waals surface area contributed by atoms with Crippen LogP contribution in [0.1, 0.15) is 36.8 Å². The van der Waals surface area contributed by atoms with E-state index in [0.717, 1.165) is 4.88 Å². The Labute approximate surface area is 121 Å². The molecule has 20 heavy (non-hydrogen) atoms. The van der Waals surface area contributed by atoms with Crippen LogP contribution in [0.4, 0.5) is 20.2 Å². The first kappa shape index (κ1) is 14.8. The summed E-state index contributed by atoms with van der Waals surface area (Å²) >= 11 is 1.62. The van der Waals surface area contributed by atoms with Crippen LogP contribution < -0.4 is 11.1 Å². The number of rotatable bonds is 5. The van der Waals surface area contributed by atoms with E-state index in [1.165, 1.54) is 6.07 Å². The number of hydrogen-bond donors (Lipinski definition) is 2. The Bertz CT molecular complexity index is 553. The van der Waals surface area contributed by atoms with Crippen molar-refractivity contribution < 1.29 is 8.78 Å². The second-order valence-corrected chi connectivity index (χ2v) is 6.01. The van der Waals surface area contributed by atoms with E-state index in [4.69, 9.17) is 5.73 Å². The summed E-state index contributed by atoms with van der Waals surface area (Å²) in [5, 5.41) is 5.22. The van der Waals surface area contributed by atoms with Crippen molar-refractivity contribution in [3.63, 3.8) is 0 Å². The number of benzene rings is 1. The predicted molar refractivity (Wildman–Crippen MR) is 81.3 cm³/mol. The Morgan fingerprint density at radius 2 is 1.95 bits per heavy atom. The summed E-state index contributed by atoms with van der Waals surface area (Å²) in [5.41, 5.74) is 6.34. The largest absolute Gasteiger partial charge is 0.399 e. The maximum absolute atomic E-state index is 13.1. The summed E-state index contributed by atoms with van der Waals surface area (Å²) in [6.07, 6.45) is -2.54. The van der Waals surface area contributed by atoms with Gasteiger partial charge in [0.15, 0.2) is 0 Å². The average Bonchev–Trinajstić information content (AvgIpc) is 2.90. The third kappa shape index (κ3) is 3.28. The maximum atomic E-state index is 13.1. The van der Waals surface area contributed by atoms with Gasteiger partial charge in [0.1, 0.15) is 0 Å². The highest BCUT2D eigenvalue weighted by Crippen LogP contribution is 2.35. The number of halogens is 2. The lowest BCUT2D eigenvalue weighted by Crippen LogP contribution is -2.16. The minimum absolute atomic E-state index is 0.0103. The van der Waals surface area contributed by atoms with Crippen LogP contribution in [0.5, 0.6) is 0 Å². The van der Waals surface area contributed by atoms with Gasteiger partial charge in [0.2, 0.25) is 0 Å². The molecule has 1 atom stereocenters. The topological polar surface area (TPSA) is 38.0 Å². The molecular formula is C15H18F2N2S. The van der Waals surface area contributed by atoms with E-state index in [2.05, 4.69) is 19.2 Å². The molecule has 2 aromatic rings. The molecule has 1 heterocycles. The van der Waals surface area contributed by atoms with Crippen molar-refractivity contribution in [3.8, 4) is 0 Å². The van der Waals surface area contributed by atoms with Crippen molar-refractivity contribution >= 4 is 22.7 Å². The number of nitrogens with one attached hydrogen (secondary N) is 1. The lowest BCUT2D eigenvalue weighted by Gasteiger charge is -2.24. The van der Waals surface area contributed by atoms with Crippen LogP contribution in [-0.4, -0.2) is 0 Å². The van der Waals surface area contributed by atoms with Gasteiger partial charge < -0.3 is 11.1 Å². The molecule has 0 aliphatic heterocycles. The molecule has 0 fully saturated rings. The Morgan fingerprint density at radius 3 is 2.50 bits per heavy atom. The molecule has 0 aliphatic carbocycles. The van der Waals surface area contributed by atoms with Gasteiger partial charge in [-0.05, 0) is 35.6 Å². The van der Waals surface area contributed by atoms with Crippen LogP contribution in [0, 0.1) is 5.92 Å². The van der Waals surface area contributed by atoms with E-state index in [-0.39, 0.29) is 17.5 Å². The van der Waals surface area contributed by atoms with Crippen molar-refractivity contribution in [1.82, 2.24) is 0 Å². The van der Waals surface area contributed by atoms with E-state index < -0.39 is 6.43 Å². The smallest absolute Gasteiger partial charge is 0.265 e. The highest BCUT2D eigenvalue weighted by atomic mass is 32.1. The van der Waals surface area contributed by atoms with E-state index in [9.17, 15) is 8.78 Å². The molecule has 5 heteroatoms. The first-order valence-electron chi connectivity index (χ1n) is 6.46. The molecule has 0 saturated heterocycles. The molecule has 0 spiro atoms. The fraction of sp³-hybridized carbons (Fsp3) is 0.333. The zero-order valence-corrected chi connectivity index (χ0v) is 12.3. The van der Waals surface area contributed by atoms with Gasteiger partial charge in [-0.15, -0.1) is 11.3 Å². The predicted octanol–water partition coefficient (Wildman–Crippen LogP) is 5.08. The molecule has 2 nitrogen and oxygen atoms in total. The third-order valence-electron chi connectivity index (χ3n) is 3.14. The molecule has 1 aromatic carbocycles. The number of hydrogen-bond acceptors (Lipinski definition) is 3. The SMILES string of the molecule is CC(C)C(Nc1ccc(N)cc1C(F)F)c1cccs1. The van der Waals surface area contributed by atoms with Crippen molar-refractivity contribution in [3.05, 3.63) is 46.2 Å². The highest BCUT2D eigenvalue weighted by molar-refractivity contribution is 7.10. The maximum Gasteiger partial charge on any atom is 0.265 e. The van der Waals surface area contributed by atoms with Gasteiger partial charge >= 0.3 is 0 Å². The van der Waals surface area contributed by atoms with Crippen LogP contribution in [-0.2, 0) is 0 Å². The van der Waals surface area contributed by atoms with Gasteiger partial charge in [0.25, 0.3) is 6.43 Å². The van der Waals surface area contributed by atoms with Gasteiger partial charge in [0.05, 0.1) is 6.04 Å². The van der Waals surface area contributed by atoms with E-state index in [0.29, 0.717) is 11.4 Å². The molecular weight excluding hydrogens is 278 g/mol. The Kier molecular flexibility index (Phi) is 4.60. The molecule has 0 amide bonds. The summed E-state index contributed by atoms with van der Waals surface area (Å²) in [4.78, 5) is 1.14. The molecule has 3 N–H and O–H groups in total. The minimum atomic E-state index is -2.54. The van der Waals surface area contributed by atoms with Crippen LogP contribution >= 0.6 is 11.3 Å². The number of nitrogen functional groups attached to an aromatic ring is 1. The number of anilines is 2. The van der Waals surface area contributed by atoms with Crippen LogP contribution in [0.2, 0.25) is 0 Å². The van der Waals surface area contributed by atoms with Gasteiger partial charge in [0, 0.05) is 21.8 Å². The molecule has 0 radical (unpaired) electrons. The quantitative estimate of drug-likeness (QED) is 0.755. The van der Waals surface area contributed by atoms with E-state index in [1.54, 1.807) is 23.5 Å².